The quantitative estimate of drug-likeness (QED) is 0.792. The molecular formula is C12H19BN2O3. The molecule has 1 aromatic heterocycles. The molecule has 2 heterocycles. The van der Waals surface area contributed by atoms with Gasteiger partial charge in [0.1, 0.15) is 0 Å². The van der Waals surface area contributed by atoms with Crippen LogP contribution in [0.1, 0.15) is 27.7 Å². The minimum Gasteiger partial charge on any atom is -0.481 e. The second-order valence-corrected chi connectivity index (χ2v) is 5.44. The molecule has 0 aliphatic carbocycles. The van der Waals surface area contributed by atoms with E-state index in [1.54, 1.807) is 19.4 Å². The molecule has 0 unspecified atom stereocenters. The molecule has 0 spiro atoms. The topological polar surface area (TPSA) is 66.6 Å². The van der Waals surface area contributed by atoms with Crippen molar-refractivity contribution in [1.82, 2.24) is 4.98 Å². The highest BCUT2D eigenvalue weighted by Gasteiger charge is 2.52. The van der Waals surface area contributed by atoms with Gasteiger partial charge in [-0.2, -0.15) is 0 Å². The third-order valence-corrected chi connectivity index (χ3v) is 3.66. The number of nitrogens with two attached hydrogens (primary N) is 1. The summed E-state index contributed by atoms with van der Waals surface area (Å²) in [4.78, 5) is 4.14. The smallest absolute Gasteiger partial charge is 0.481 e. The van der Waals surface area contributed by atoms with Crippen molar-refractivity contribution >= 4 is 18.3 Å². The number of pyridine rings is 1. The van der Waals surface area contributed by atoms with Gasteiger partial charge in [-0.25, -0.2) is 4.98 Å². The summed E-state index contributed by atoms with van der Waals surface area (Å²) in [6.07, 6.45) is 1.64. The Morgan fingerprint density at radius 3 is 2.22 bits per heavy atom. The third kappa shape index (κ3) is 2.06. The van der Waals surface area contributed by atoms with Crippen LogP contribution in [0, 0.1) is 0 Å². The summed E-state index contributed by atoms with van der Waals surface area (Å²) in [7, 11) is 1.06. The number of anilines is 1. The zero-order chi connectivity index (χ0) is 13.6. The van der Waals surface area contributed by atoms with Gasteiger partial charge in [0.2, 0.25) is 5.88 Å². The summed E-state index contributed by atoms with van der Waals surface area (Å²) in [6, 6.07) is 1.67. The van der Waals surface area contributed by atoms with Crippen molar-refractivity contribution in [3.63, 3.8) is 0 Å². The van der Waals surface area contributed by atoms with Crippen LogP contribution in [0.3, 0.4) is 0 Å². The second kappa shape index (κ2) is 4.14. The Hall–Kier alpha value is -1.27. The van der Waals surface area contributed by atoms with Crippen molar-refractivity contribution in [3.8, 4) is 5.88 Å². The van der Waals surface area contributed by atoms with Gasteiger partial charge in [0.25, 0.3) is 0 Å². The van der Waals surface area contributed by atoms with E-state index in [2.05, 4.69) is 4.98 Å². The zero-order valence-electron chi connectivity index (χ0n) is 11.5. The van der Waals surface area contributed by atoms with Crippen LogP contribution in [0.25, 0.3) is 0 Å². The van der Waals surface area contributed by atoms with E-state index in [0.29, 0.717) is 11.6 Å². The predicted octanol–water partition coefficient (Wildman–Crippen LogP) is 0.972. The Bertz CT molecular complexity index is 447. The van der Waals surface area contributed by atoms with E-state index >= 15 is 0 Å². The molecule has 1 aliphatic heterocycles. The highest BCUT2D eigenvalue weighted by molar-refractivity contribution is 6.63. The Kier molecular flexibility index (Phi) is 3.03. The maximum Gasteiger partial charge on any atom is 0.498 e. The van der Waals surface area contributed by atoms with Crippen molar-refractivity contribution in [2.24, 2.45) is 0 Å². The molecular weight excluding hydrogens is 231 g/mol. The van der Waals surface area contributed by atoms with E-state index in [9.17, 15) is 0 Å². The van der Waals surface area contributed by atoms with Gasteiger partial charge in [0.15, 0.2) is 0 Å². The molecule has 0 saturated carbocycles. The molecule has 1 saturated heterocycles. The Morgan fingerprint density at radius 1 is 1.22 bits per heavy atom. The summed E-state index contributed by atoms with van der Waals surface area (Å²) in [5.74, 6) is 0.479. The van der Waals surface area contributed by atoms with E-state index < -0.39 is 7.12 Å². The Labute approximate surface area is 108 Å². The van der Waals surface area contributed by atoms with Gasteiger partial charge in [-0.05, 0) is 27.7 Å². The zero-order valence-corrected chi connectivity index (χ0v) is 11.5. The van der Waals surface area contributed by atoms with Crippen molar-refractivity contribution in [1.29, 1.82) is 0 Å². The third-order valence-electron chi connectivity index (χ3n) is 3.66. The normalized spacial score (nSPS) is 21.1. The maximum atomic E-state index is 5.97. The fourth-order valence-corrected chi connectivity index (χ4v) is 1.74. The van der Waals surface area contributed by atoms with Crippen LogP contribution in [-0.2, 0) is 9.31 Å². The van der Waals surface area contributed by atoms with Crippen molar-refractivity contribution in [2.45, 2.75) is 38.9 Å². The van der Waals surface area contributed by atoms with Crippen molar-refractivity contribution < 1.29 is 14.0 Å². The molecule has 6 heteroatoms. The summed E-state index contributed by atoms with van der Waals surface area (Å²) in [6.45, 7) is 8.00. The molecule has 0 radical (unpaired) electrons. The number of hydrogen-bond donors (Lipinski definition) is 1. The van der Waals surface area contributed by atoms with Crippen LogP contribution in [-0.4, -0.2) is 30.4 Å². The maximum absolute atomic E-state index is 5.97. The van der Waals surface area contributed by atoms with Gasteiger partial charge in [-0.15, -0.1) is 0 Å². The minimum atomic E-state index is -0.492. The highest BCUT2D eigenvalue weighted by Crippen LogP contribution is 2.36. The van der Waals surface area contributed by atoms with Crippen LogP contribution >= 0.6 is 0 Å². The molecule has 1 aliphatic rings. The molecule has 0 bridgehead atoms. The summed E-state index contributed by atoms with van der Waals surface area (Å²) < 4.78 is 16.9. The van der Waals surface area contributed by atoms with Crippen molar-refractivity contribution in [2.75, 3.05) is 12.8 Å². The molecule has 5 nitrogen and oxygen atoms in total. The van der Waals surface area contributed by atoms with E-state index in [-0.39, 0.29) is 11.2 Å². The minimum absolute atomic E-state index is 0.385. The molecule has 1 aromatic rings. The van der Waals surface area contributed by atoms with Gasteiger partial charge in [0, 0.05) is 23.4 Å². The van der Waals surface area contributed by atoms with Crippen LogP contribution in [0.5, 0.6) is 5.88 Å². The average molecular weight is 250 g/mol. The van der Waals surface area contributed by atoms with Gasteiger partial charge >= 0.3 is 7.12 Å². The first kappa shape index (κ1) is 13.2. The number of hydrogen-bond acceptors (Lipinski definition) is 5. The number of aromatic nitrogens is 1. The van der Waals surface area contributed by atoms with E-state index in [4.69, 9.17) is 19.8 Å². The van der Waals surface area contributed by atoms with Gasteiger partial charge in [-0.3, -0.25) is 0 Å². The highest BCUT2D eigenvalue weighted by atomic mass is 16.7. The van der Waals surface area contributed by atoms with Crippen molar-refractivity contribution in [3.05, 3.63) is 12.3 Å². The largest absolute Gasteiger partial charge is 0.498 e. The fraction of sp³-hybridized carbons (Fsp3) is 0.583. The Balaban J connectivity index is 2.30. The first-order chi connectivity index (χ1) is 8.27. The van der Waals surface area contributed by atoms with E-state index in [1.165, 1.54) is 0 Å². The van der Waals surface area contributed by atoms with Crippen LogP contribution < -0.4 is 15.9 Å². The number of nitrogens with zero attached hydrogens (tertiary/aromatic N) is 1. The molecule has 98 valence electrons. The summed E-state index contributed by atoms with van der Waals surface area (Å²) in [5.41, 5.74) is 6.49. The molecule has 0 atom stereocenters. The van der Waals surface area contributed by atoms with Crippen LogP contribution in [0.15, 0.2) is 12.3 Å². The number of ether oxygens (including phenoxy) is 1. The standard InChI is InChI=1S/C12H19BN2O3/c1-11(2)12(3,4)18-13(17-11)8-7-15-10(16-5)6-9(8)14/h6-7H,1-5H3,(H2,14,15). The van der Waals surface area contributed by atoms with Crippen LogP contribution in [0.4, 0.5) is 5.69 Å². The first-order valence-corrected chi connectivity index (χ1v) is 5.92. The monoisotopic (exact) mass is 250 g/mol. The SMILES string of the molecule is COc1cc(N)c(B2OC(C)(C)C(C)(C)O2)cn1. The van der Waals surface area contributed by atoms with E-state index in [1.807, 2.05) is 27.7 Å². The predicted molar refractivity (Wildman–Crippen MR) is 70.9 cm³/mol. The molecule has 0 aromatic carbocycles. The van der Waals surface area contributed by atoms with Crippen LogP contribution in [0.2, 0.25) is 0 Å². The number of nitrogen functional groups attached to an aromatic ring is 1. The number of rotatable bonds is 2. The molecule has 2 N–H and O–H groups in total. The lowest BCUT2D eigenvalue weighted by atomic mass is 9.79. The molecule has 1 fully saturated rings. The van der Waals surface area contributed by atoms with Gasteiger partial charge in [0.05, 0.1) is 18.3 Å². The number of methoxy groups -OCH3 is 1. The Morgan fingerprint density at radius 2 is 1.78 bits per heavy atom. The van der Waals surface area contributed by atoms with Gasteiger partial charge in [-0.1, -0.05) is 0 Å². The molecule has 2 rings (SSSR count). The lowest BCUT2D eigenvalue weighted by Crippen LogP contribution is -2.41. The lowest BCUT2D eigenvalue weighted by Gasteiger charge is -2.32. The molecule has 18 heavy (non-hydrogen) atoms. The lowest BCUT2D eigenvalue weighted by molar-refractivity contribution is 0.00578. The first-order valence-electron chi connectivity index (χ1n) is 5.92. The molecule has 0 amide bonds. The van der Waals surface area contributed by atoms with Gasteiger partial charge < -0.3 is 19.8 Å². The summed E-state index contributed by atoms with van der Waals surface area (Å²) in [5, 5.41) is 0. The average Bonchev–Trinajstić information content (AvgIpc) is 2.47. The van der Waals surface area contributed by atoms with E-state index in [0.717, 1.165) is 5.46 Å². The fourth-order valence-electron chi connectivity index (χ4n) is 1.74. The summed E-state index contributed by atoms with van der Waals surface area (Å²) >= 11 is 0. The second-order valence-electron chi connectivity index (χ2n) is 5.44.